The molecule has 0 aromatic heterocycles. The molecule has 4 atom stereocenters. The zero-order valence-corrected chi connectivity index (χ0v) is 12.7. The topological polar surface area (TPSA) is 21.3 Å². The van der Waals surface area contributed by atoms with Crippen LogP contribution in [0.5, 0.6) is 0 Å². The summed E-state index contributed by atoms with van der Waals surface area (Å²) in [5, 5.41) is 3.71. The van der Waals surface area contributed by atoms with Crippen LogP contribution >= 0.6 is 0 Å². The molecule has 2 aliphatic rings. The van der Waals surface area contributed by atoms with Crippen LogP contribution in [-0.2, 0) is 4.74 Å². The smallest absolute Gasteiger partial charge is 0.0631 e. The van der Waals surface area contributed by atoms with Crippen molar-refractivity contribution in [3.05, 3.63) is 0 Å². The van der Waals surface area contributed by atoms with E-state index in [1.165, 1.54) is 45.1 Å². The maximum absolute atomic E-state index is 6.16. The van der Waals surface area contributed by atoms with Gasteiger partial charge in [-0.1, -0.05) is 13.8 Å². The quantitative estimate of drug-likeness (QED) is 0.805. The first-order valence-electron chi connectivity index (χ1n) is 7.93. The zero-order chi connectivity index (χ0) is 13.2. The summed E-state index contributed by atoms with van der Waals surface area (Å²) in [7, 11) is 0. The van der Waals surface area contributed by atoms with Gasteiger partial charge >= 0.3 is 0 Å². The van der Waals surface area contributed by atoms with E-state index in [-0.39, 0.29) is 5.60 Å². The summed E-state index contributed by atoms with van der Waals surface area (Å²) in [4.78, 5) is 0. The second kappa shape index (κ2) is 5.92. The lowest BCUT2D eigenvalue weighted by Crippen LogP contribution is -2.33. The van der Waals surface area contributed by atoms with Gasteiger partial charge in [-0.05, 0) is 70.8 Å². The van der Waals surface area contributed by atoms with Crippen molar-refractivity contribution >= 4 is 0 Å². The number of hydrogen-bond donors (Lipinski definition) is 1. The molecule has 0 spiro atoms. The number of hydrogen-bond acceptors (Lipinski definition) is 2. The lowest BCUT2D eigenvalue weighted by atomic mass is 9.89. The van der Waals surface area contributed by atoms with Crippen LogP contribution in [0.25, 0.3) is 0 Å². The first-order chi connectivity index (χ1) is 8.52. The summed E-state index contributed by atoms with van der Waals surface area (Å²) >= 11 is 0. The van der Waals surface area contributed by atoms with E-state index in [2.05, 4.69) is 33.0 Å². The van der Waals surface area contributed by atoms with E-state index in [4.69, 9.17) is 4.74 Å². The molecule has 2 rings (SSSR count). The molecule has 0 aromatic carbocycles. The summed E-state index contributed by atoms with van der Waals surface area (Å²) in [6, 6.07) is 0.754. The molecule has 2 fully saturated rings. The molecule has 2 heteroatoms. The Bertz CT molecular complexity index is 264. The molecular formula is C16H31NO. The van der Waals surface area contributed by atoms with Gasteiger partial charge in [0.05, 0.1) is 11.7 Å². The van der Waals surface area contributed by atoms with Gasteiger partial charge in [-0.2, -0.15) is 0 Å². The molecule has 0 amide bonds. The Kier molecular flexibility index (Phi) is 4.71. The van der Waals surface area contributed by atoms with Gasteiger partial charge in [-0.25, -0.2) is 0 Å². The van der Waals surface area contributed by atoms with Crippen LogP contribution in [0.15, 0.2) is 0 Å². The van der Waals surface area contributed by atoms with Crippen molar-refractivity contribution in [2.75, 3.05) is 6.54 Å². The van der Waals surface area contributed by atoms with E-state index in [0.29, 0.717) is 6.10 Å². The Hall–Kier alpha value is -0.0800. The third-order valence-electron chi connectivity index (χ3n) is 5.00. The number of ether oxygens (including phenoxy) is 1. The Morgan fingerprint density at radius 3 is 2.61 bits per heavy atom. The molecular weight excluding hydrogens is 222 g/mol. The van der Waals surface area contributed by atoms with Crippen LogP contribution in [0, 0.1) is 11.8 Å². The molecule has 0 aromatic rings. The molecule has 0 bridgehead atoms. The average Bonchev–Trinajstić information content (AvgIpc) is 2.82. The fourth-order valence-electron chi connectivity index (χ4n) is 3.78. The van der Waals surface area contributed by atoms with Crippen LogP contribution in [0.1, 0.15) is 66.2 Å². The van der Waals surface area contributed by atoms with Crippen molar-refractivity contribution < 1.29 is 4.74 Å². The van der Waals surface area contributed by atoms with E-state index >= 15 is 0 Å². The maximum atomic E-state index is 6.16. The van der Waals surface area contributed by atoms with Crippen LogP contribution in [0.3, 0.4) is 0 Å². The standard InChI is InChI=1S/C16H31NO/c1-5-10-17-15-7-6-13(12(15)2)11-14-8-9-16(3,4)18-14/h12-15,17H,5-11H2,1-4H3. The third-order valence-corrected chi connectivity index (χ3v) is 5.00. The predicted octanol–water partition coefficient (Wildman–Crippen LogP) is 3.75. The Morgan fingerprint density at radius 1 is 1.22 bits per heavy atom. The minimum atomic E-state index is 0.131. The molecule has 4 unspecified atom stereocenters. The van der Waals surface area contributed by atoms with Gasteiger partial charge in [0.15, 0.2) is 0 Å². The van der Waals surface area contributed by atoms with E-state index < -0.39 is 0 Å². The highest BCUT2D eigenvalue weighted by Gasteiger charge is 2.37. The summed E-state index contributed by atoms with van der Waals surface area (Å²) < 4.78 is 6.16. The summed E-state index contributed by atoms with van der Waals surface area (Å²) in [6.45, 7) is 10.3. The van der Waals surface area contributed by atoms with Crippen molar-refractivity contribution in [3.8, 4) is 0 Å². The lowest BCUT2D eigenvalue weighted by Gasteiger charge is -2.25. The van der Waals surface area contributed by atoms with Gasteiger partial charge in [0, 0.05) is 6.04 Å². The van der Waals surface area contributed by atoms with Crippen LogP contribution in [0.2, 0.25) is 0 Å². The molecule has 0 radical (unpaired) electrons. The molecule has 1 N–H and O–H groups in total. The lowest BCUT2D eigenvalue weighted by molar-refractivity contribution is -0.0265. The second-order valence-corrected chi connectivity index (χ2v) is 7.03. The van der Waals surface area contributed by atoms with Crippen molar-refractivity contribution in [1.82, 2.24) is 5.32 Å². The predicted molar refractivity (Wildman–Crippen MR) is 76.8 cm³/mol. The molecule has 1 saturated heterocycles. The highest BCUT2D eigenvalue weighted by molar-refractivity contribution is 4.90. The highest BCUT2D eigenvalue weighted by Crippen LogP contribution is 2.39. The molecule has 1 saturated carbocycles. The van der Waals surface area contributed by atoms with Gasteiger partial charge in [-0.15, -0.1) is 0 Å². The van der Waals surface area contributed by atoms with Gasteiger partial charge in [0.2, 0.25) is 0 Å². The minimum absolute atomic E-state index is 0.131. The van der Waals surface area contributed by atoms with Gasteiger partial charge in [0.1, 0.15) is 0 Å². The Balaban J connectivity index is 1.77. The van der Waals surface area contributed by atoms with Crippen LogP contribution < -0.4 is 5.32 Å². The van der Waals surface area contributed by atoms with E-state index in [1.807, 2.05) is 0 Å². The van der Waals surface area contributed by atoms with Gasteiger partial charge in [-0.3, -0.25) is 0 Å². The van der Waals surface area contributed by atoms with Crippen LogP contribution in [0.4, 0.5) is 0 Å². The van der Waals surface area contributed by atoms with Gasteiger partial charge < -0.3 is 10.1 Å². The SMILES string of the molecule is CCCNC1CCC(CC2CCC(C)(C)O2)C1C. The largest absolute Gasteiger partial charge is 0.372 e. The fraction of sp³-hybridized carbons (Fsp3) is 1.00. The molecule has 18 heavy (non-hydrogen) atoms. The first-order valence-corrected chi connectivity index (χ1v) is 7.93. The summed E-state index contributed by atoms with van der Waals surface area (Å²) in [6.07, 6.45) is 8.31. The summed E-state index contributed by atoms with van der Waals surface area (Å²) in [5.41, 5.74) is 0.131. The number of rotatable bonds is 5. The minimum Gasteiger partial charge on any atom is -0.372 e. The average molecular weight is 253 g/mol. The van der Waals surface area contributed by atoms with Crippen molar-refractivity contribution in [2.24, 2.45) is 11.8 Å². The van der Waals surface area contributed by atoms with Crippen molar-refractivity contribution in [2.45, 2.75) is 84.0 Å². The fourth-order valence-corrected chi connectivity index (χ4v) is 3.78. The number of nitrogens with one attached hydrogen (secondary N) is 1. The third kappa shape index (κ3) is 3.48. The maximum Gasteiger partial charge on any atom is 0.0631 e. The molecule has 2 nitrogen and oxygen atoms in total. The Morgan fingerprint density at radius 2 is 2.00 bits per heavy atom. The monoisotopic (exact) mass is 253 g/mol. The normalized spacial score (nSPS) is 39.3. The zero-order valence-electron chi connectivity index (χ0n) is 12.7. The van der Waals surface area contributed by atoms with E-state index in [0.717, 1.165) is 17.9 Å². The van der Waals surface area contributed by atoms with Crippen LogP contribution in [-0.4, -0.2) is 24.3 Å². The van der Waals surface area contributed by atoms with E-state index in [9.17, 15) is 0 Å². The molecule has 106 valence electrons. The van der Waals surface area contributed by atoms with E-state index in [1.54, 1.807) is 0 Å². The summed E-state index contributed by atoms with van der Waals surface area (Å²) in [5.74, 6) is 1.70. The van der Waals surface area contributed by atoms with Crippen molar-refractivity contribution in [3.63, 3.8) is 0 Å². The second-order valence-electron chi connectivity index (χ2n) is 7.03. The highest BCUT2D eigenvalue weighted by atomic mass is 16.5. The molecule has 1 aliphatic carbocycles. The first kappa shape index (κ1) is 14.3. The van der Waals surface area contributed by atoms with Crippen molar-refractivity contribution in [1.29, 1.82) is 0 Å². The Labute approximate surface area is 113 Å². The molecule has 1 aliphatic heterocycles. The molecule has 1 heterocycles. The van der Waals surface area contributed by atoms with Gasteiger partial charge in [0.25, 0.3) is 0 Å².